The highest BCUT2D eigenvalue weighted by Gasteiger charge is 2.33. The van der Waals surface area contributed by atoms with Gasteiger partial charge in [-0.1, -0.05) is 19.8 Å². The Morgan fingerprint density at radius 1 is 1.47 bits per heavy atom. The number of amides is 1. The van der Waals surface area contributed by atoms with E-state index in [9.17, 15) is 4.79 Å². The predicted octanol–water partition coefficient (Wildman–Crippen LogP) is 1.52. The average molecular weight is 230 g/mol. The first-order valence-corrected chi connectivity index (χ1v) is 6.97. The summed E-state index contributed by atoms with van der Waals surface area (Å²) in [6.45, 7) is 2.71. The number of carbonyl (C=O) groups excluding carboxylic acids is 1. The summed E-state index contributed by atoms with van der Waals surface area (Å²) < 4.78 is 0. The van der Waals surface area contributed by atoms with Crippen LogP contribution in [0.3, 0.4) is 0 Å². The lowest BCUT2D eigenvalue weighted by atomic mass is 9.98. The molecule has 15 heavy (non-hydrogen) atoms. The molecule has 0 bridgehead atoms. The van der Waals surface area contributed by atoms with Gasteiger partial charge in [0.25, 0.3) is 0 Å². The van der Waals surface area contributed by atoms with Gasteiger partial charge >= 0.3 is 0 Å². The standard InChI is InChI=1S/C11H22N2OS/c1-2-7-15-8-10(14)13-11(9-12)5-3-4-6-11/h2-9,12H2,1H3,(H,13,14). The van der Waals surface area contributed by atoms with Gasteiger partial charge in [-0.25, -0.2) is 0 Å². The number of nitrogens with one attached hydrogen (secondary N) is 1. The third-order valence-corrected chi connectivity index (χ3v) is 4.10. The van der Waals surface area contributed by atoms with Crippen LogP contribution in [0.25, 0.3) is 0 Å². The van der Waals surface area contributed by atoms with Gasteiger partial charge < -0.3 is 11.1 Å². The summed E-state index contributed by atoms with van der Waals surface area (Å²) >= 11 is 1.70. The van der Waals surface area contributed by atoms with Crippen LogP contribution in [0.15, 0.2) is 0 Å². The second kappa shape index (κ2) is 6.38. The van der Waals surface area contributed by atoms with Gasteiger partial charge in [0.05, 0.1) is 11.3 Å². The first-order valence-electron chi connectivity index (χ1n) is 5.81. The monoisotopic (exact) mass is 230 g/mol. The van der Waals surface area contributed by atoms with E-state index in [4.69, 9.17) is 5.73 Å². The molecule has 3 N–H and O–H groups in total. The van der Waals surface area contributed by atoms with Gasteiger partial charge in [0.2, 0.25) is 5.91 Å². The van der Waals surface area contributed by atoms with Crippen molar-refractivity contribution in [3.8, 4) is 0 Å². The van der Waals surface area contributed by atoms with Crippen LogP contribution in [-0.2, 0) is 4.79 Å². The Morgan fingerprint density at radius 3 is 2.67 bits per heavy atom. The van der Waals surface area contributed by atoms with E-state index in [0.717, 1.165) is 25.0 Å². The molecule has 4 heteroatoms. The molecule has 3 nitrogen and oxygen atoms in total. The summed E-state index contributed by atoms with van der Waals surface area (Å²) in [5.41, 5.74) is 5.67. The maximum atomic E-state index is 11.7. The van der Waals surface area contributed by atoms with Crippen molar-refractivity contribution in [3.05, 3.63) is 0 Å². The van der Waals surface area contributed by atoms with E-state index in [-0.39, 0.29) is 11.4 Å². The normalized spacial score (nSPS) is 19.1. The second-order valence-electron chi connectivity index (χ2n) is 4.29. The molecular weight excluding hydrogens is 208 g/mol. The molecule has 0 aromatic carbocycles. The summed E-state index contributed by atoms with van der Waals surface area (Å²) in [6.07, 6.45) is 5.61. The first-order chi connectivity index (χ1) is 7.22. The summed E-state index contributed by atoms with van der Waals surface area (Å²) in [6, 6.07) is 0. The van der Waals surface area contributed by atoms with Crippen LogP contribution in [0.1, 0.15) is 39.0 Å². The molecule has 88 valence electrons. The molecule has 0 aromatic heterocycles. The number of hydrogen-bond acceptors (Lipinski definition) is 3. The fraction of sp³-hybridized carbons (Fsp3) is 0.909. The number of thioether (sulfide) groups is 1. The molecule has 0 radical (unpaired) electrons. The van der Waals surface area contributed by atoms with E-state index < -0.39 is 0 Å². The van der Waals surface area contributed by atoms with E-state index in [2.05, 4.69) is 12.2 Å². The molecule has 1 rings (SSSR count). The third kappa shape index (κ3) is 4.03. The maximum absolute atomic E-state index is 11.7. The zero-order valence-corrected chi connectivity index (χ0v) is 10.4. The van der Waals surface area contributed by atoms with Crippen molar-refractivity contribution in [1.29, 1.82) is 0 Å². The van der Waals surface area contributed by atoms with Crippen molar-refractivity contribution >= 4 is 17.7 Å². The molecule has 0 aromatic rings. The molecule has 0 spiro atoms. The Hall–Kier alpha value is -0.220. The van der Waals surface area contributed by atoms with Crippen molar-refractivity contribution in [2.45, 2.75) is 44.6 Å². The van der Waals surface area contributed by atoms with Gasteiger partial charge in [0, 0.05) is 6.54 Å². The number of nitrogens with two attached hydrogens (primary N) is 1. The largest absolute Gasteiger partial charge is 0.349 e. The number of hydrogen-bond donors (Lipinski definition) is 2. The predicted molar refractivity (Wildman–Crippen MR) is 66.0 cm³/mol. The minimum Gasteiger partial charge on any atom is -0.349 e. The average Bonchev–Trinajstić information content (AvgIpc) is 2.67. The summed E-state index contributed by atoms with van der Waals surface area (Å²) in [4.78, 5) is 11.7. The molecule has 1 aliphatic rings. The third-order valence-electron chi connectivity index (χ3n) is 2.94. The van der Waals surface area contributed by atoms with Crippen LogP contribution in [0.5, 0.6) is 0 Å². The Morgan fingerprint density at radius 2 is 2.13 bits per heavy atom. The summed E-state index contributed by atoms with van der Waals surface area (Å²) in [5.74, 6) is 1.79. The second-order valence-corrected chi connectivity index (χ2v) is 5.40. The Bertz CT molecular complexity index is 203. The lowest BCUT2D eigenvalue weighted by Crippen LogP contribution is -2.52. The highest BCUT2D eigenvalue weighted by Crippen LogP contribution is 2.28. The topological polar surface area (TPSA) is 55.1 Å². The quantitative estimate of drug-likeness (QED) is 0.680. The van der Waals surface area contributed by atoms with Crippen LogP contribution < -0.4 is 11.1 Å². The van der Waals surface area contributed by atoms with Crippen molar-refractivity contribution in [1.82, 2.24) is 5.32 Å². The zero-order valence-electron chi connectivity index (χ0n) is 9.55. The Kier molecular flexibility index (Phi) is 5.47. The Labute approximate surface area is 96.6 Å². The fourth-order valence-electron chi connectivity index (χ4n) is 2.07. The molecule has 0 unspecified atom stereocenters. The van der Waals surface area contributed by atoms with Gasteiger partial charge in [-0.15, -0.1) is 0 Å². The van der Waals surface area contributed by atoms with Crippen molar-refractivity contribution in [3.63, 3.8) is 0 Å². The van der Waals surface area contributed by atoms with Crippen LogP contribution >= 0.6 is 11.8 Å². The van der Waals surface area contributed by atoms with E-state index >= 15 is 0 Å². The SMILES string of the molecule is CCCSCC(=O)NC1(CN)CCCC1. The van der Waals surface area contributed by atoms with Crippen LogP contribution in [0.4, 0.5) is 0 Å². The molecule has 0 aliphatic heterocycles. The lowest BCUT2D eigenvalue weighted by molar-refractivity contribution is -0.120. The highest BCUT2D eigenvalue weighted by atomic mass is 32.2. The minimum absolute atomic E-state index is 0.0795. The van der Waals surface area contributed by atoms with Crippen LogP contribution in [0, 0.1) is 0 Å². The van der Waals surface area contributed by atoms with Gasteiger partial charge in [0.1, 0.15) is 0 Å². The van der Waals surface area contributed by atoms with Crippen molar-refractivity contribution in [2.75, 3.05) is 18.1 Å². The molecule has 0 saturated heterocycles. The highest BCUT2D eigenvalue weighted by molar-refractivity contribution is 7.99. The number of carbonyl (C=O) groups is 1. The van der Waals surface area contributed by atoms with Crippen molar-refractivity contribution < 1.29 is 4.79 Å². The molecule has 1 saturated carbocycles. The van der Waals surface area contributed by atoms with E-state index in [1.54, 1.807) is 11.8 Å². The molecule has 1 amide bonds. The summed E-state index contributed by atoms with van der Waals surface area (Å²) in [7, 11) is 0. The Balaban J connectivity index is 2.28. The van der Waals surface area contributed by atoms with Gasteiger partial charge in [-0.05, 0) is 25.0 Å². The van der Waals surface area contributed by atoms with Gasteiger partial charge in [0.15, 0.2) is 0 Å². The van der Waals surface area contributed by atoms with E-state index in [1.807, 2.05) is 0 Å². The van der Waals surface area contributed by atoms with Crippen LogP contribution in [0.2, 0.25) is 0 Å². The molecule has 1 fully saturated rings. The van der Waals surface area contributed by atoms with Crippen LogP contribution in [-0.4, -0.2) is 29.5 Å². The molecule has 1 aliphatic carbocycles. The fourth-order valence-corrected chi connectivity index (χ4v) is 2.76. The van der Waals surface area contributed by atoms with Gasteiger partial charge in [-0.2, -0.15) is 11.8 Å². The van der Waals surface area contributed by atoms with E-state index in [1.165, 1.54) is 12.8 Å². The minimum atomic E-state index is -0.0795. The maximum Gasteiger partial charge on any atom is 0.230 e. The molecular formula is C11H22N2OS. The van der Waals surface area contributed by atoms with Crippen molar-refractivity contribution in [2.24, 2.45) is 5.73 Å². The first kappa shape index (κ1) is 12.8. The van der Waals surface area contributed by atoms with Gasteiger partial charge in [-0.3, -0.25) is 4.79 Å². The molecule has 0 heterocycles. The number of rotatable bonds is 6. The smallest absolute Gasteiger partial charge is 0.230 e. The molecule has 0 atom stereocenters. The van der Waals surface area contributed by atoms with E-state index in [0.29, 0.717) is 12.3 Å². The lowest BCUT2D eigenvalue weighted by Gasteiger charge is -2.28. The summed E-state index contributed by atoms with van der Waals surface area (Å²) in [5, 5.41) is 3.12. The zero-order chi connectivity index (χ0) is 11.1.